The zero-order chi connectivity index (χ0) is 13.0. The maximum Gasteiger partial charge on any atom is 0.141 e. The van der Waals surface area contributed by atoms with Crippen molar-refractivity contribution in [1.29, 1.82) is 0 Å². The average Bonchev–Trinajstić information content (AvgIpc) is 2.36. The second-order valence-corrected chi connectivity index (χ2v) is 4.37. The van der Waals surface area contributed by atoms with Crippen molar-refractivity contribution in [3.63, 3.8) is 0 Å². The lowest BCUT2D eigenvalue weighted by Crippen LogP contribution is -2.55. The Morgan fingerprint density at radius 2 is 2.28 bits per heavy atom. The predicted molar refractivity (Wildman–Crippen MR) is 65.6 cm³/mol. The topological polar surface area (TPSA) is 60.8 Å². The normalized spacial score (nSPS) is 26.7. The van der Waals surface area contributed by atoms with Gasteiger partial charge in [-0.25, -0.2) is 0 Å². The van der Waals surface area contributed by atoms with E-state index in [9.17, 15) is 5.11 Å². The number of aliphatic hydroxyl groups excluding tert-OH is 1. The molecule has 2 rings (SSSR count). The van der Waals surface area contributed by atoms with Gasteiger partial charge in [0, 0.05) is 19.7 Å². The molecule has 5 heteroatoms. The van der Waals surface area contributed by atoms with Gasteiger partial charge in [0.15, 0.2) is 0 Å². The summed E-state index contributed by atoms with van der Waals surface area (Å²) in [7, 11) is 1.62. The summed E-state index contributed by atoms with van der Waals surface area (Å²) in [4.78, 5) is 4.16. The van der Waals surface area contributed by atoms with Crippen LogP contribution in [0.2, 0.25) is 0 Å². The van der Waals surface area contributed by atoms with E-state index in [0.29, 0.717) is 19.6 Å². The van der Waals surface area contributed by atoms with E-state index in [-0.39, 0.29) is 12.2 Å². The number of nitrogens with zero attached hydrogens (tertiary/aromatic N) is 1. The van der Waals surface area contributed by atoms with Gasteiger partial charge >= 0.3 is 0 Å². The first-order chi connectivity index (χ1) is 8.72. The molecule has 0 aliphatic heterocycles. The molecule has 1 aliphatic rings. The minimum atomic E-state index is -0.455. The minimum absolute atomic E-state index is 0.111. The number of aromatic nitrogens is 1. The van der Waals surface area contributed by atoms with Crippen LogP contribution >= 0.6 is 0 Å². The van der Waals surface area contributed by atoms with Crippen LogP contribution in [0.1, 0.15) is 12.1 Å². The second-order valence-electron chi connectivity index (χ2n) is 4.37. The number of rotatable bonds is 6. The molecule has 3 atom stereocenters. The third-order valence-electron chi connectivity index (χ3n) is 3.05. The van der Waals surface area contributed by atoms with Gasteiger partial charge in [0.1, 0.15) is 18.0 Å². The smallest absolute Gasteiger partial charge is 0.141 e. The van der Waals surface area contributed by atoms with Crippen molar-refractivity contribution >= 4 is 0 Å². The van der Waals surface area contributed by atoms with Crippen molar-refractivity contribution in [2.24, 2.45) is 0 Å². The van der Waals surface area contributed by atoms with Crippen LogP contribution in [0.25, 0.3) is 0 Å². The molecule has 1 aromatic heterocycles. The summed E-state index contributed by atoms with van der Waals surface area (Å²) in [6.07, 6.45) is 1.47. The van der Waals surface area contributed by atoms with E-state index in [1.54, 1.807) is 13.3 Å². The van der Waals surface area contributed by atoms with Crippen LogP contribution in [0.4, 0.5) is 0 Å². The van der Waals surface area contributed by atoms with Crippen LogP contribution in [0.15, 0.2) is 18.3 Å². The summed E-state index contributed by atoms with van der Waals surface area (Å²) in [5.41, 5.74) is 0.842. The first-order valence-corrected chi connectivity index (χ1v) is 6.09. The van der Waals surface area contributed by atoms with Crippen LogP contribution in [0.3, 0.4) is 0 Å². The Kier molecular flexibility index (Phi) is 4.52. The monoisotopic (exact) mass is 253 g/mol. The molecule has 3 unspecified atom stereocenters. The molecule has 0 radical (unpaired) electrons. The summed E-state index contributed by atoms with van der Waals surface area (Å²) in [6, 6.07) is 3.71. The van der Waals surface area contributed by atoms with Crippen molar-refractivity contribution in [3.8, 4) is 5.75 Å². The first kappa shape index (κ1) is 13.3. The summed E-state index contributed by atoms with van der Waals surface area (Å²) < 4.78 is 16.3. The molecule has 0 spiro atoms. The Hall–Kier alpha value is -1.17. The maximum atomic E-state index is 9.66. The van der Waals surface area contributed by atoms with Gasteiger partial charge in [0.25, 0.3) is 0 Å². The largest absolute Gasteiger partial charge is 0.486 e. The zero-order valence-corrected chi connectivity index (χ0v) is 10.7. The van der Waals surface area contributed by atoms with Gasteiger partial charge in [0.2, 0.25) is 0 Å². The number of ether oxygens (including phenoxy) is 3. The van der Waals surface area contributed by atoms with Gasteiger partial charge in [-0.05, 0) is 19.1 Å². The number of aryl methyl sites for hydroxylation is 1. The molecule has 1 aliphatic carbocycles. The van der Waals surface area contributed by atoms with Crippen molar-refractivity contribution < 1.29 is 19.3 Å². The molecule has 0 amide bonds. The predicted octanol–water partition coefficient (Wildman–Crippen LogP) is 0.934. The molecule has 1 aromatic rings. The fourth-order valence-corrected chi connectivity index (χ4v) is 1.92. The zero-order valence-electron chi connectivity index (χ0n) is 10.7. The lowest BCUT2D eigenvalue weighted by molar-refractivity contribution is -0.167. The standard InChI is InChI=1S/C13H19NO4/c1-9-11(4-3-5-14-9)18-12-8-10(15)13(12)17-7-6-16-2/h3-5,10,12-13,15H,6-8H2,1-2H3. The van der Waals surface area contributed by atoms with E-state index in [4.69, 9.17) is 14.2 Å². The fraction of sp³-hybridized carbons (Fsp3) is 0.615. The Balaban J connectivity index is 1.88. The van der Waals surface area contributed by atoms with Crippen molar-refractivity contribution in [2.45, 2.75) is 31.7 Å². The van der Waals surface area contributed by atoms with Crippen LogP contribution in [0, 0.1) is 6.92 Å². The summed E-state index contributed by atoms with van der Waals surface area (Å²) in [5.74, 6) is 0.745. The lowest BCUT2D eigenvalue weighted by atomic mass is 9.88. The van der Waals surface area contributed by atoms with Crippen molar-refractivity contribution in [3.05, 3.63) is 24.0 Å². The van der Waals surface area contributed by atoms with Gasteiger partial charge in [-0.1, -0.05) is 0 Å². The van der Waals surface area contributed by atoms with Gasteiger partial charge in [-0.3, -0.25) is 4.98 Å². The first-order valence-electron chi connectivity index (χ1n) is 6.09. The quantitative estimate of drug-likeness (QED) is 0.764. The highest BCUT2D eigenvalue weighted by Crippen LogP contribution is 2.29. The van der Waals surface area contributed by atoms with E-state index in [2.05, 4.69) is 4.98 Å². The van der Waals surface area contributed by atoms with E-state index in [0.717, 1.165) is 11.4 Å². The Bertz CT molecular complexity index is 385. The number of hydrogen-bond donors (Lipinski definition) is 1. The van der Waals surface area contributed by atoms with Crippen LogP contribution in [-0.2, 0) is 9.47 Å². The molecule has 1 heterocycles. The van der Waals surface area contributed by atoms with Gasteiger partial charge in [0.05, 0.1) is 25.0 Å². The molecule has 18 heavy (non-hydrogen) atoms. The molecule has 5 nitrogen and oxygen atoms in total. The molecule has 1 fully saturated rings. The van der Waals surface area contributed by atoms with E-state index < -0.39 is 6.10 Å². The third-order valence-corrected chi connectivity index (χ3v) is 3.05. The van der Waals surface area contributed by atoms with Gasteiger partial charge in [-0.15, -0.1) is 0 Å². The number of pyridine rings is 1. The van der Waals surface area contributed by atoms with Crippen LogP contribution in [0.5, 0.6) is 5.75 Å². The highest BCUT2D eigenvalue weighted by Gasteiger charge is 2.43. The number of methoxy groups -OCH3 is 1. The van der Waals surface area contributed by atoms with Crippen molar-refractivity contribution in [1.82, 2.24) is 4.98 Å². The van der Waals surface area contributed by atoms with E-state index >= 15 is 0 Å². The number of aliphatic hydroxyl groups is 1. The lowest BCUT2D eigenvalue weighted by Gasteiger charge is -2.40. The van der Waals surface area contributed by atoms with E-state index in [1.807, 2.05) is 19.1 Å². The van der Waals surface area contributed by atoms with Gasteiger partial charge in [-0.2, -0.15) is 0 Å². The highest BCUT2D eigenvalue weighted by atomic mass is 16.6. The summed E-state index contributed by atoms with van der Waals surface area (Å²) in [5, 5.41) is 9.66. The maximum absolute atomic E-state index is 9.66. The third kappa shape index (κ3) is 2.98. The molecular weight excluding hydrogens is 234 g/mol. The van der Waals surface area contributed by atoms with Crippen molar-refractivity contribution in [2.75, 3.05) is 20.3 Å². The molecule has 0 saturated heterocycles. The van der Waals surface area contributed by atoms with Gasteiger partial charge < -0.3 is 19.3 Å². The molecular formula is C13H19NO4. The SMILES string of the molecule is COCCOC1C(O)CC1Oc1cccnc1C. The second kappa shape index (κ2) is 6.13. The Morgan fingerprint density at radius 3 is 2.94 bits per heavy atom. The molecule has 0 bridgehead atoms. The molecule has 0 aromatic carbocycles. The summed E-state index contributed by atoms with van der Waals surface area (Å²) in [6.45, 7) is 2.87. The Labute approximate surface area is 107 Å². The highest BCUT2D eigenvalue weighted by molar-refractivity contribution is 5.26. The minimum Gasteiger partial charge on any atom is -0.486 e. The molecule has 100 valence electrons. The van der Waals surface area contributed by atoms with E-state index in [1.165, 1.54) is 0 Å². The van der Waals surface area contributed by atoms with Crippen LogP contribution in [-0.4, -0.2) is 48.7 Å². The Morgan fingerprint density at radius 1 is 1.44 bits per heavy atom. The molecule has 1 saturated carbocycles. The average molecular weight is 253 g/mol. The number of hydrogen-bond acceptors (Lipinski definition) is 5. The summed E-state index contributed by atoms with van der Waals surface area (Å²) >= 11 is 0. The van der Waals surface area contributed by atoms with Crippen LogP contribution < -0.4 is 4.74 Å². The fourth-order valence-electron chi connectivity index (χ4n) is 1.92. The molecule has 1 N–H and O–H groups in total.